The first-order valence-corrected chi connectivity index (χ1v) is 8.36. The largest absolute Gasteiger partial charge is 0.478 e. The zero-order chi connectivity index (χ0) is 18.5. The van der Waals surface area contributed by atoms with Crippen molar-refractivity contribution < 1.29 is 9.90 Å². The average Bonchev–Trinajstić information content (AvgIpc) is 3.06. The van der Waals surface area contributed by atoms with Crippen LogP contribution in [0, 0.1) is 0 Å². The molecule has 3 rings (SSSR count). The zero-order valence-corrected chi connectivity index (χ0v) is 14.6. The maximum atomic E-state index is 11.5. The van der Waals surface area contributed by atoms with Gasteiger partial charge < -0.3 is 9.67 Å². The van der Waals surface area contributed by atoms with Gasteiger partial charge in [-0.25, -0.2) is 4.79 Å². The number of carboxylic acids is 1. The Morgan fingerprint density at radius 2 is 2.12 bits per heavy atom. The van der Waals surface area contributed by atoms with Crippen LogP contribution in [-0.4, -0.2) is 20.6 Å². The third kappa shape index (κ3) is 3.49. The summed E-state index contributed by atoms with van der Waals surface area (Å²) < 4.78 is 1.92. The lowest BCUT2D eigenvalue weighted by molar-refractivity contribution is 0.0698. The maximum absolute atomic E-state index is 11.5. The van der Waals surface area contributed by atoms with Gasteiger partial charge in [-0.1, -0.05) is 49.1 Å². The number of para-hydroxylation sites is 1. The van der Waals surface area contributed by atoms with Gasteiger partial charge in [-0.05, 0) is 36.3 Å². The fraction of sp³-hybridized carbons (Fsp3) is 0.0909. The first-order chi connectivity index (χ1) is 12.6. The summed E-state index contributed by atoms with van der Waals surface area (Å²) in [5, 5.41) is 10.3. The number of fused-ring (bicyclic) bond motifs is 1. The maximum Gasteiger partial charge on any atom is 0.337 e. The van der Waals surface area contributed by atoms with Gasteiger partial charge in [-0.2, -0.15) is 0 Å². The number of pyridine rings is 1. The lowest BCUT2D eigenvalue weighted by Gasteiger charge is -2.08. The van der Waals surface area contributed by atoms with Gasteiger partial charge in [0.2, 0.25) is 0 Å². The van der Waals surface area contributed by atoms with E-state index in [0.717, 1.165) is 22.2 Å². The number of aromatic carboxylic acids is 1. The Hall–Kier alpha value is -3.40. The summed E-state index contributed by atoms with van der Waals surface area (Å²) in [5.41, 5.74) is 3.87. The highest BCUT2D eigenvalue weighted by molar-refractivity contribution is 6.02. The van der Waals surface area contributed by atoms with Crippen LogP contribution in [-0.2, 0) is 6.54 Å². The molecule has 2 heterocycles. The third-order valence-electron chi connectivity index (χ3n) is 4.20. The molecular formula is C22H20N2O2. The molecule has 0 aliphatic rings. The van der Waals surface area contributed by atoms with E-state index in [1.165, 1.54) is 0 Å². The average molecular weight is 344 g/mol. The zero-order valence-electron chi connectivity index (χ0n) is 14.6. The fourth-order valence-corrected chi connectivity index (χ4v) is 2.91. The molecule has 0 aliphatic heterocycles. The van der Waals surface area contributed by atoms with E-state index in [1.807, 2.05) is 66.4 Å². The van der Waals surface area contributed by atoms with Crippen molar-refractivity contribution >= 4 is 22.4 Å². The van der Waals surface area contributed by atoms with E-state index >= 15 is 0 Å². The Balaban J connectivity index is 1.92. The molecule has 26 heavy (non-hydrogen) atoms. The Bertz CT molecular complexity index is 1010. The number of benzene rings is 1. The number of nitrogens with zero attached hydrogens (tertiary/aromatic N) is 2. The summed E-state index contributed by atoms with van der Waals surface area (Å²) in [6, 6.07) is 11.2. The van der Waals surface area contributed by atoms with E-state index in [2.05, 4.69) is 11.6 Å². The van der Waals surface area contributed by atoms with Crippen LogP contribution in [0.3, 0.4) is 0 Å². The standard InChI is InChI=1S/C22H20N2O2/c1-3-5-7-16(4-2)18-10-11-19(23-14-18)15-24-13-12-17-8-6-9-20(21(17)24)22(25)26/h3-14H,2,15H2,1H3,(H,25,26)/b5-3-,16-7+. The Morgan fingerprint density at radius 3 is 2.77 bits per heavy atom. The van der Waals surface area contributed by atoms with Gasteiger partial charge >= 0.3 is 5.97 Å². The summed E-state index contributed by atoms with van der Waals surface area (Å²) in [6.45, 7) is 6.32. The second-order valence-corrected chi connectivity index (χ2v) is 5.88. The Morgan fingerprint density at radius 1 is 1.27 bits per heavy atom. The molecule has 4 nitrogen and oxygen atoms in total. The molecule has 0 fully saturated rings. The molecule has 0 bridgehead atoms. The van der Waals surface area contributed by atoms with Crippen LogP contribution in [0.15, 0.2) is 79.7 Å². The molecule has 4 heteroatoms. The molecule has 0 spiro atoms. The van der Waals surface area contributed by atoms with Gasteiger partial charge in [0.05, 0.1) is 23.3 Å². The van der Waals surface area contributed by atoms with Crippen molar-refractivity contribution in [3.8, 4) is 0 Å². The van der Waals surface area contributed by atoms with Crippen molar-refractivity contribution in [2.45, 2.75) is 13.5 Å². The van der Waals surface area contributed by atoms with Gasteiger partial charge in [0.15, 0.2) is 0 Å². The normalized spacial score (nSPS) is 12.0. The second-order valence-electron chi connectivity index (χ2n) is 5.88. The molecule has 2 aromatic heterocycles. The van der Waals surface area contributed by atoms with Crippen LogP contribution in [0.2, 0.25) is 0 Å². The fourth-order valence-electron chi connectivity index (χ4n) is 2.91. The van der Waals surface area contributed by atoms with Crippen LogP contribution in [0.1, 0.15) is 28.5 Å². The summed E-state index contributed by atoms with van der Waals surface area (Å²) in [4.78, 5) is 16.0. The van der Waals surface area contributed by atoms with Crippen LogP contribution in [0.25, 0.3) is 16.5 Å². The highest BCUT2D eigenvalue weighted by Crippen LogP contribution is 2.22. The van der Waals surface area contributed by atoms with Crippen molar-refractivity contribution in [3.05, 3.63) is 96.5 Å². The lowest BCUT2D eigenvalue weighted by atomic mass is 10.1. The van der Waals surface area contributed by atoms with Crippen molar-refractivity contribution in [1.82, 2.24) is 9.55 Å². The van der Waals surface area contributed by atoms with Crippen molar-refractivity contribution in [2.75, 3.05) is 0 Å². The minimum Gasteiger partial charge on any atom is -0.478 e. The molecule has 1 N–H and O–H groups in total. The van der Waals surface area contributed by atoms with Crippen LogP contribution in [0.4, 0.5) is 0 Å². The van der Waals surface area contributed by atoms with E-state index < -0.39 is 5.97 Å². The van der Waals surface area contributed by atoms with Crippen LogP contribution < -0.4 is 0 Å². The molecule has 0 radical (unpaired) electrons. The second kappa shape index (κ2) is 7.66. The summed E-state index contributed by atoms with van der Waals surface area (Å²) >= 11 is 0. The molecule has 0 saturated carbocycles. The lowest BCUT2D eigenvalue weighted by Crippen LogP contribution is -2.05. The molecule has 130 valence electrons. The summed E-state index contributed by atoms with van der Waals surface area (Å²) in [5.74, 6) is -0.927. The van der Waals surface area contributed by atoms with E-state index in [0.29, 0.717) is 17.6 Å². The topological polar surface area (TPSA) is 55.1 Å². The molecule has 0 unspecified atom stereocenters. The van der Waals surface area contributed by atoms with Crippen LogP contribution in [0.5, 0.6) is 0 Å². The molecule has 0 amide bonds. The first-order valence-electron chi connectivity index (χ1n) is 8.36. The number of carboxylic acid groups (broad SMARTS) is 1. The van der Waals surface area contributed by atoms with E-state index in [-0.39, 0.29) is 0 Å². The minimum absolute atomic E-state index is 0.298. The number of hydrogen-bond acceptors (Lipinski definition) is 2. The molecule has 0 saturated heterocycles. The van der Waals surface area contributed by atoms with E-state index in [4.69, 9.17) is 0 Å². The molecule has 1 aromatic carbocycles. The summed E-state index contributed by atoms with van der Waals surface area (Å²) in [6.07, 6.45) is 11.4. The van der Waals surface area contributed by atoms with E-state index in [9.17, 15) is 9.90 Å². The number of rotatable bonds is 6. The van der Waals surface area contributed by atoms with E-state index in [1.54, 1.807) is 18.2 Å². The smallest absolute Gasteiger partial charge is 0.337 e. The quantitative estimate of drug-likeness (QED) is 0.645. The van der Waals surface area contributed by atoms with Gasteiger partial charge in [0, 0.05) is 17.8 Å². The van der Waals surface area contributed by atoms with Crippen molar-refractivity contribution in [2.24, 2.45) is 0 Å². The SMILES string of the molecule is C=C/C(=C\C=C/C)c1ccc(Cn2ccc3cccc(C(=O)O)c32)nc1. The number of hydrogen-bond donors (Lipinski definition) is 1. The minimum atomic E-state index is -0.927. The van der Waals surface area contributed by atoms with Gasteiger partial charge in [-0.3, -0.25) is 4.98 Å². The molecule has 0 atom stereocenters. The third-order valence-corrected chi connectivity index (χ3v) is 4.20. The monoisotopic (exact) mass is 344 g/mol. The number of carbonyl (C=O) groups is 1. The van der Waals surface area contributed by atoms with Crippen LogP contribution >= 0.6 is 0 Å². The van der Waals surface area contributed by atoms with Crippen molar-refractivity contribution in [3.63, 3.8) is 0 Å². The summed E-state index contributed by atoms with van der Waals surface area (Å²) in [7, 11) is 0. The van der Waals surface area contributed by atoms with Gasteiger partial charge in [0.25, 0.3) is 0 Å². The Labute approximate surface area is 152 Å². The highest BCUT2D eigenvalue weighted by Gasteiger charge is 2.12. The highest BCUT2D eigenvalue weighted by atomic mass is 16.4. The molecule has 0 aliphatic carbocycles. The van der Waals surface area contributed by atoms with Gasteiger partial charge in [0.1, 0.15) is 0 Å². The number of aromatic nitrogens is 2. The molecular weight excluding hydrogens is 324 g/mol. The first kappa shape index (κ1) is 17.4. The predicted octanol–water partition coefficient (Wildman–Crippen LogP) is 4.93. The predicted molar refractivity (Wildman–Crippen MR) is 105 cm³/mol. The Kier molecular flexibility index (Phi) is 5.13. The van der Waals surface area contributed by atoms with Gasteiger partial charge in [-0.15, -0.1) is 0 Å². The van der Waals surface area contributed by atoms with Crippen molar-refractivity contribution in [1.29, 1.82) is 0 Å². The number of allylic oxidation sites excluding steroid dienone is 5. The molecule has 3 aromatic rings.